The minimum absolute atomic E-state index is 0.256. The highest BCUT2D eigenvalue weighted by Crippen LogP contribution is 2.30. The normalized spacial score (nSPS) is 19.0. The fourth-order valence-electron chi connectivity index (χ4n) is 4.36. The van der Waals surface area contributed by atoms with Gasteiger partial charge in [-0.3, -0.25) is 9.69 Å². The first-order valence-corrected chi connectivity index (χ1v) is 10.6. The van der Waals surface area contributed by atoms with Crippen LogP contribution in [0.25, 0.3) is 0 Å². The predicted octanol–water partition coefficient (Wildman–Crippen LogP) is 2.61. The van der Waals surface area contributed by atoms with Gasteiger partial charge in [0.2, 0.25) is 5.91 Å². The molecule has 1 aromatic rings. The van der Waals surface area contributed by atoms with Crippen molar-refractivity contribution in [2.24, 2.45) is 0 Å². The van der Waals surface area contributed by atoms with Crippen molar-refractivity contribution < 1.29 is 14.3 Å². The molecule has 3 rings (SSSR count). The Morgan fingerprint density at radius 1 is 1.04 bits per heavy atom. The highest BCUT2D eigenvalue weighted by atomic mass is 16.5. The highest BCUT2D eigenvalue weighted by molar-refractivity contribution is 5.78. The van der Waals surface area contributed by atoms with Crippen LogP contribution in [0.15, 0.2) is 18.2 Å². The van der Waals surface area contributed by atoms with Gasteiger partial charge in [0.25, 0.3) is 0 Å². The number of benzene rings is 1. The molecule has 0 N–H and O–H groups in total. The molecule has 6 heteroatoms. The second-order valence-electron chi connectivity index (χ2n) is 7.86. The fourth-order valence-corrected chi connectivity index (χ4v) is 4.36. The monoisotopic (exact) mass is 389 g/mol. The van der Waals surface area contributed by atoms with Crippen LogP contribution >= 0.6 is 0 Å². The molecule has 6 nitrogen and oxygen atoms in total. The number of amides is 1. The van der Waals surface area contributed by atoms with Crippen LogP contribution in [-0.2, 0) is 11.3 Å². The summed E-state index contributed by atoms with van der Waals surface area (Å²) >= 11 is 0. The zero-order valence-corrected chi connectivity index (χ0v) is 17.7. The molecule has 1 aliphatic heterocycles. The highest BCUT2D eigenvalue weighted by Gasteiger charge is 2.29. The van der Waals surface area contributed by atoms with E-state index in [4.69, 9.17) is 9.47 Å². The van der Waals surface area contributed by atoms with E-state index in [-0.39, 0.29) is 5.91 Å². The van der Waals surface area contributed by atoms with E-state index < -0.39 is 0 Å². The summed E-state index contributed by atoms with van der Waals surface area (Å²) in [6.07, 6.45) is 4.66. The zero-order valence-electron chi connectivity index (χ0n) is 17.7. The maximum Gasteiger partial charge on any atom is 0.237 e. The van der Waals surface area contributed by atoms with Crippen molar-refractivity contribution in [3.8, 4) is 11.5 Å². The first-order chi connectivity index (χ1) is 13.6. The summed E-state index contributed by atoms with van der Waals surface area (Å²) < 4.78 is 10.8. The third-order valence-corrected chi connectivity index (χ3v) is 6.16. The molecule has 0 spiro atoms. The summed E-state index contributed by atoms with van der Waals surface area (Å²) in [4.78, 5) is 20.1. The van der Waals surface area contributed by atoms with Gasteiger partial charge in [0.1, 0.15) is 0 Å². The molecule has 1 aromatic carbocycles. The first-order valence-electron chi connectivity index (χ1n) is 10.6. The number of nitrogens with zero attached hydrogens (tertiary/aromatic N) is 3. The number of piperazine rings is 1. The molecule has 1 saturated carbocycles. The van der Waals surface area contributed by atoms with Crippen molar-refractivity contribution in [1.29, 1.82) is 0 Å². The number of rotatable bonds is 8. The largest absolute Gasteiger partial charge is 0.493 e. The summed E-state index contributed by atoms with van der Waals surface area (Å²) in [6.45, 7) is 8.54. The number of hydrogen-bond donors (Lipinski definition) is 0. The molecule has 2 aliphatic rings. The van der Waals surface area contributed by atoms with Gasteiger partial charge in [0, 0.05) is 38.8 Å². The third kappa shape index (κ3) is 5.17. The van der Waals surface area contributed by atoms with Gasteiger partial charge in [-0.2, -0.15) is 0 Å². The van der Waals surface area contributed by atoms with Crippen LogP contribution in [0.5, 0.6) is 11.5 Å². The lowest BCUT2D eigenvalue weighted by molar-refractivity contribution is -0.135. The summed E-state index contributed by atoms with van der Waals surface area (Å²) in [5, 5.41) is 0. The molecule has 1 aliphatic carbocycles. The van der Waals surface area contributed by atoms with E-state index in [1.165, 1.54) is 12.8 Å². The number of ether oxygens (including phenoxy) is 2. The van der Waals surface area contributed by atoms with E-state index in [1.807, 2.05) is 18.2 Å². The lowest BCUT2D eigenvalue weighted by atomic mass is 10.1. The second kappa shape index (κ2) is 10.1. The molecule has 28 heavy (non-hydrogen) atoms. The first kappa shape index (κ1) is 20.9. The number of carbonyl (C=O) groups is 1. The Kier molecular flexibility index (Phi) is 7.57. The molecular formula is C22H35N3O3. The van der Waals surface area contributed by atoms with Crippen LogP contribution in [0.4, 0.5) is 0 Å². The van der Waals surface area contributed by atoms with Crippen molar-refractivity contribution in [3.63, 3.8) is 0 Å². The van der Waals surface area contributed by atoms with Crippen LogP contribution in [0.3, 0.4) is 0 Å². The van der Waals surface area contributed by atoms with Gasteiger partial charge in [0.15, 0.2) is 11.5 Å². The van der Waals surface area contributed by atoms with E-state index in [0.717, 1.165) is 62.6 Å². The third-order valence-electron chi connectivity index (χ3n) is 6.16. The molecule has 1 saturated heterocycles. The van der Waals surface area contributed by atoms with Crippen LogP contribution in [0.2, 0.25) is 0 Å². The van der Waals surface area contributed by atoms with E-state index in [1.54, 1.807) is 14.2 Å². The quantitative estimate of drug-likeness (QED) is 0.684. The van der Waals surface area contributed by atoms with Gasteiger partial charge in [-0.25, -0.2) is 0 Å². The lowest BCUT2D eigenvalue weighted by Crippen LogP contribution is -2.51. The molecular weight excluding hydrogens is 354 g/mol. The predicted molar refractivity (Wildman–Crippen MR) is 111 cm³/mol. The van der Waals surface area contributed by atoms with Crippen molar-refractivity contribution in [1.82, 2.24) is 14.7 Å². The maximum atomic E-state index is 13.2. The van der Waals surface area contributed by atoms with Crippen molar-refractivity contribution in [2.45, 2.75) is 45.2 Å². The topological polar surface area (TPSA) is 45.2 Å². The summed E-state index contributed by atoms with van der Waals surface area (Å²) in [5.74, 6) is 1.69. The van der Waals surface area contributed by atoms with Crippen LogP contribution in [0, 0.1) is 0 Å². The van der Waals surface area contributed by atoms with Crippen molar-refractivity contribution >= 4 is 5.91 Å². The molecule has 0 radical (unpaired) electrons. The minimum Gasteiger partial charge on any atom is -0.493 e. The van der Waals surface area contributed by atoms with Gasteiger partial charge < -0.3 is 19.3 Å². The summed E-state index contributed by atoms with van der Waals surface area (Å²) in [6, 6.07) is 6.32. The standard InChI is InChI=1S/C22H35N3O3/c1-4-23-11-13-24(14-12-23)17-22(26)25(19-7-5-6-8-19)16-18-9-10-20(27-2)21(15-18)28-3/h9-10,15,19H,4-8,11-14,16-17H2,1-3H3. The van der Waals surface area contributed by atoms with Gasteiger partial charge >= 0.3 is 0 Å². The molecule has 156 valence electrons. The number of hydrogen-bond acceptors (Lipinski definition) is 5. The van der Waals surface area contributed by atoms with E-state index in [2.05, 4.69) is 21.6 Å². The molecule has 0 aromatic heterocycles. The Balaban J connectivity index is 1.68. The van der Waals surface area contributed by atoms with Gasteiger partial charge in [0.05, 0.1) is 20.8 Å². The smallest absolute Gasteiger partial charge is 0.237 e. The van der Waals surface area contributed by atoms with Crippen LogP contribution in [0.1, 0.15) is 38.2 Å². The Labute approximate surface area is 169 Å². The maximum absolute atomic E-state index is 13.2. The zero-order chi connectivity index (χ0) is 19.9. The SMILES string of the molecule is CCN1CCN(CC(=O)N(Cc2ccc(OC)c(OC)c2)C2CCCC2)CC1. The van der Waals surface area contributed by atoms with Gasteiger partial charge in [-0.1, -0.05) is 25.8 Å². The number of methoxy groups -OCH3 is 2. The average Bonchev–Trinajstić information content (AvgIpc) is 3.26. The molecule has 0 atom stereocenters. The van der Waals surface area contributed by atoms with Gasteiger partial charge in [-0.15, -0.1) is 0 Å². The fraction of sp³-hybridized carbons (Fsp3) is 0.682. The van der Waals surface area contributed by atoms with Crippen LogP contribution in [-0.4, -0.2) is 80.1 Å². The molecule has 0 unspecified atom stereocenters. The molecule has 1 amide bonds. The average molecular weight is 390 g/mol. The Hall–Kier alpha value is -1.79. The van der Waals surface area contributed by atoms with Crippen molar-refractivity contribution in [3.05, 3.63) is 23.8 Å². The minimum atomic E-state index is 0.256. The Bertz CT molecular complexity index is 638. The number of likely N-dealkylation sites (N-methyl/N-ethyl adjacent to an activating group) is 1. The lowest BCUT2D eigenvalue weighted by Gasteiger charge is -2.36. The summed E-state index contributed by atoms with van der Waals surface area (Å²) in [7, 11) is 3.29. The van der Waals surface area contributed by atoms with E-state index in [9.17, 15) is 4.79 Å². The second-order valence-corrected chi connectivity index (χ2v) is 7.86. The van der Waals surface area contributed by atoms with Crippen LogP contribution < -0.4 is 9.47 Å². The molecule has 2 fully saturated rings. The van der Waals surface area contributed by atoms with E-state index >= 15 is 0 Å². The Morgan fingerprint density at radius 2 is 1.68 bits per heavy atom. The molecule has 1 heterocycles. The Morgan fingerprint density at radius 3 is 2.29 bits per heavy atom. The van der Waals surface area contributed by atoms with Crippen molar-refractivity contribution in [2.75, 3.05) is 53.5 Å². The molecule has 0 bridgehead atoms. The summed E-state index contributed by atoms with van der Waals surface area (Å²) in [5.41, 5.74) is 1.09. The van der Waals surface area contributed by atoms with E-state index in [0.29, 0.717) is 19.1 Å². The van der Waals surface area contributed by atoms with Gasteiger partial charge in [-0.05, 0) is 37.1 Å². The number of carbonyl (C=O) groups excluding carboxylic acids is 1.